The Morgan fingerprint density at radius 2 is 0.755 bits per heavy atom. The van der Waals surface area contributed by atoms with Gasteiger partial charge in [0, 0.05) is 50.0 Å². The molecule has 49 heavy (non-hydrogen) atoms. The number of anilines is 3. The number of para-hydroxylation sites is 4. The largest absolute Gasteiger partial charge is 0.311 e. The molecule has 230 valence electrons. The Morgan fingerprint density at radius 1 is 0.306 bits per heavy atom. The Hall–Kier alpha value is -6.58. The van der Waals surface area contributed by atoms with Crippen molar-refractivity contribution in [1.82, 2.24) is 9.13 Å². The van der Waals surface area contributed by atoms with E-state index in [4.69, 9.17) is 0 Å². The van der Waals surface area contributed by atoms with Gasteiger partial charge in [0.15, 0.2) is 0 Å². The second-order valence-corrected chi connectivity index (χ2v) is 12.6. The molecule has 0 amide bonds. The van der Waals surface area contributed by atoms with Crippen LogP contribution in [0.2, 0.25) is 0 Å². The van der Waals surface area contributed by atoms with Crippen molar-refractivity contribution >= 4 is 71.4 Å². The van der Waals surface area contributed by atoms with Crippen LogP contribution in [0.5, 0.6) is 0 Å². The summed E-state index contributed by atoms with van der Waals surface area (Å²) in [6.45, 7) is 0. The monoisotopic (exact) mass is 625 g/mol. The van der Waals surface area contributed by atoms with Crippen LogP contribution in [0.4, 0.5) is 17.1 Å². The van der Waals surface area contributed by atoms with Crippen LogP contribution in [-0.2, 0) is 0 Å². The fraction of sp³-hybridized carbons (Fsp3) is 0. The van der Waals surface area contributed by atoms with Gasteiger partial charge in [-0.3, -0.25) is 0 Å². The molecule has 8 aromatic carbocycles. The lowest BCUT2D eigenvalue weighted by Crippen LogP contribution is -2.09. The molecule has 0 radical (unpaired) electrons. The second-order valence-electron chi connectivity index (χ2n) is 12.6. The van der Waals surface area contributed by atoms with E-state index in [9.17, 15) is 0 Å². The number of rotatable bonds is 5. The van der Waals surface area contributed by atoms with Gasteiger partial charge in [0.1, 0.15) is 0 Å². The third-order valence-corrected chi connectivity index (χ3v) is 9.85. The van der Waals surface area contributed by atoms with Crippen LogP contribution in [-0.4, -0.2) is 9.13 Å². The smallest absolute Gasteiger partial charge is 0.0788 e. The maximum absolute atomic E-state index is 2.47. The van der Waals surface area contributed by atoms with Gasteiger partial charge < -0.3 is 14.0 Å². The zero-order valence-corrected chi connectivity index (χ0v) is 26.7. The van der Waals surface area contributed by atoms with Crippen molar-refractivity contribution in [3.05, 3.63) is 188 Å². The molecule has 3 heteroatoms. The first-order valence-corrected chi connectivity index (χ1v) is 16.8. The lowest BCUT2D eigenvalue weighted by molar-refractivity contribution is 1.15. The van der Waals surface area contributed by atoms with E-state index < -0.39 is 0 Å². The molecule has 10 rings (SSSR count). The van der Waals surface area contributed by atoms with Crippen LogP contribution in [0.25, 0.3) is 65.8 Å². The minimum absolute atomic E-state index is 1.11. The number of fused-ring (bicyclic) bond motifs is 8. The summed E-state index contributed by atoms with van der Waals surface area (Å²) < 4.78 is 4.93. The fourth-order valence-corrected chi connectivity index (χ4v) is 7.71. The van der Waals surface area contributed by atoms with Crippen LogP contribution in [0, 0.1) is 0 Å². The molecule has 0 N–H and O–H groups in total. The Balaban J connectivity index is 1.26. The van der Waals surface area contributed by atoms with E-state index >= 15 is 0 Å². The summed E-state index contributed by atoms with van der Waals surface area (Å²) in [5, 5.41) is 7.46. The molecular formula is C46H31N3. The zero-order chi connectivity index (χ0) is 32.3. The number of aromatic nitrogens is 2. The van der Waals surface area contributed by atoms with Gasteiger partial charge in [-0.05, 0) is 83.6 Å². The summed E-state index contributed by atoms with van der Waals surface area (Å²) in [6, 6.07) is 67.8. The Bertz CT molecular complexity index is 2770. The van der Waals surface area contributed by atoms with Gasteiger partial charge >= 0.3 is 0 Å². The minimum Gasteiger partial charge on any atom is -0.311 e. The molecule has 0 aliphatic heterocycles. The summed E-state index contributed by atoms with van der Waals surface area (Å²) in [4.78, 5) is 2.31. The maximum Gasteiger partial charge on any atom is 0.0788 e. The van der Waals surface area contributed by atoms with E-state index in [0.717, 1.165) is 28.4 Å². The molecule has 0 aliphatic rings. The summed E-state index contributed by atoms with van der Waals surface area (Å²) in [7, 11) is 0. The molecule has 0 saturated carbocycles. The van der Waals surface area contributed by atoms with E-state index in [1.807, 2.05) is 0 Å². The average Bonchev–Trinajstić information content (AvgIpc) is 3.69. The van der Waals surface area contributed by atoms with E-state index in [-0.39, 0.29) is 0 Å². The van der Waals surface area contributed by atoms with Crippen molar-refractivity contribution < 1.29 is 0 Å². The molecule has 3 nitrogen and oxygen atoms in total. The van der Waals surface area contributed by atoms with Crippen molar-refractivity contribution in [2.75, 3.05) is 4.90 Å². The second kappa shape index (κ2) is 11.0. The van der Waals surface area contributed by atoms with Crippen LogP contribution in [0.1, 0.15) is 0 Å². The van der Waals surface area contributed by atoms with Crippen molar-refractivity contribution in [3.8, 4) is 11.4 Å². The molecular weight excluding hydrogens is 595 g/mol. The maximum atomic E-state index is 2.47. The number of nitrogens with zero attached hydrogens (tertiary/aromatic N) is 3. The first-order chi connectivity index (χ1) is 24.3. The predicted octanol–water partition coefficient (Wildman–Crippen LogP) is 12.5. The predicted molar refractivity (Wildman–Crippen MR) is 207 cm³/mol. The molecule has 0 unspecified atom stereocenters. The van der Waals surface area contributed by atoms with Crippen LogP contribution in [0.3, 0.4) is 0 Å². The van der Waals surface area contributed by atoms with Gasteiger partial charge in [-0.15, -0.1) is 0 Å². The zero-order valence-electron chi connectivity index (χ0n) is 26.7. The SMILES string of the molecule is c1ccc(N(c2ccccc2)c2ccc(-n3c4ccccc4c4ccc5c6ccccc6n(-c6ccc7ccccc7c6)c5c43)cc2)cc1. The highest BCUT2D eigenvalue weighted by Gasteiger charge is 2.21. The van der Waals surface area contributed by atoms with Crippen LogP contribution >= 0.6 is 0 Å². The summed E-state index contributed by atoms with van der Waals surface area (Å²) in [5.41, 5.74) is 10.5. The molecule has 0 aliphatic carbocycles. The molecule has 0 bridgehead atoms. The van der Waals surface area contributed by atoms with Crippen molar-refractivity contribution in [2.24, 2.45) is 0 Å². The highest BCUT2D eigenvalue weighted by atomic mass is 15.1. The van der Waals surface area contributed by atoms with Crippen LogP contribution < -0.4 is 4.90 Å². The van der Waals surface area contributed by atoms with Crippen molar-refractivity contribution in [2.45, 2.75) is 0 Å². The van der Waals surface area contributed by atoms with E-state index in [0.29, 0.717) is 0 Å². The minimum atomic E-state index is 1.11. The third-order valence-electron chi connectivity index (χ3n) is 9.85. The molecule has 0 spiro atoms. The lowest BCUT2D eigenvalue weighted by atomic mass is 10.1. The molecule has 0 saturated heterocycles. The number of benzene rings is 8. The van der Waals surface area contributed by atoms with Gasteiger partial charge in [-0.25, -0.2) is 0 Å². The summed E-state index contributed by atoms with van der Waals surface area (Å²) >= 11 is 0. The van der Waals surface area contributed by atoms with Gasteiger partial charge in [0.2, 0.25) is 0 Å². The van der Waals surface area contributed by atoms with Gasteiger partial charge in [0.25, 0.3) is 0 Å². The van der Waals surface area contributed by atoms with E-state index in [1.165, 1.54) is 54.4 Å². The summed E-state index contributed by atoms with van der Waals surface area (Å²) in [5.74, 6) is 0. The normalized spacial score (nSPS) is 11.7. The van der Waals surface area contributed by atoms with Crippen molar-refractivity contribution in [1.29, 1.82) is 0 Å². The Morgan fingerprint density at radius 3 is 1.35 bits per heavy atom. The van der Waals surface area contributed by atoms with Gasteiger partial charge in [0.05, 0.1) is 22.1 Å². The highest BCUT2D eigenvalue weighted by Crippen LogP contribution is 2.42. The Kier molecular flexibility index (Phi) is 6.18. The highest BCUT2D eigenvalue weighted by molar-refractivity contribution is 6.23. The van der Waals surface area contributed by atoms with Crippen molar-refractivity contribution in [3.63, 3.8) is 0 Å². The molecule has 0 atom stereocenters. The first-order valence-electron chi connectivity index (χ1n) is 16.8. The quantitative estimate of drug-likeness (QED) is 0.185. The van der Waals surface area contributed by atoms with Gasteiger partial charge in [-0.1, -0.05) is 115 Å². The third kappa shape index (κ3) is 4.29. The molecule has 2 aromatic heterocycles. The Labute approximate surface area is 284 Å². The van der Waals surface area contributed by atoms with Crippen LogP contribution in [0.15, 0.2) is 188 Å². The molecule has 0 fully saturated rings. The molecule has 10 aromatic rings. The standard InChI is InChI=1S/C46H31N3/c1-3-15-34(16-4-1)47(35-17-5-2-6-18-35)36-25-27-37(28-26-36)48-43-21-11-9-19-39(43)41-29-30-42-40-20-10-12-22-44(40)49(46(42)45(41)48)38-24-23-32-13-7-8-14-33(32)31-38/h1-31H. The lowest BCUT2D eigenvalue weighted by Gasteiger charge is -2.25. The number of hydrogen-bond donors (Lipinski definition) is 0. The topological polar surface area (TPSA) is 13.1 Å². The first kappa shape index (κ1) is 27.5. The van der Waals surface area contributed by atoms with E-state index in [1.54, 1.807) is 0 Å². The van der Waals surface area contributed by atoms with E-state index in [2.05, 4.69) is 202 Å². The summed E-state index contributed by atoms with van der Waals surface area (Å²) in [6.07, 6.45) is 0. The van der Waals surface area contributed by atoms with Gasteiger partial charge in [-0.2, -0.15) is 0 Å². The number of hydrogen-bond acceptors (Lipinski definition) is 1. The fourth-order valence-electron chi connectivity index (χ4n) is 7.71. The average molecular weight is 626 g/mol. The molecule has 2 heterocycles.